The van der Waals surface area contributed by atoms with Crippen LogP contribution in [0.25, 0.3) is 0 Å². The molecule has 1 aliphatic carbocycles. The quantitative estimate of drug-likeness (QED) is 0.630. The predicted octanol–water partition coefficient (Wildman–Crippen LogP) is 4.90. The number of esters is 1. The van der Waals surface area contributed by atoms with E-state index in [9.17, 15) is 22.2 Å². The molecular weight excluding hydrogens is 379 g/mol. The van der Waals surface area contributed by atoms with Gasteiger partial charge in [0.15, 0.2) is 0 Å². The summed E-state index contributed by atoms with van der Waals surface area (Å²) in [6.45, 7) is 9.66. The first-order valence-electron chi connectivity index (χ1n) is 9.59. The lowest BCUT2D eigenvalue weighted by Crippen LogP contribution is -2.54. The fourth-order valence-electron chi connectivity index (χ4n) is 3.20. The molecule has 0 amide bonds. The summed E-state index contributed by atoms with van der Waals surface area (Å²) in [5, 5.41) is 0. The third-order valence-corrected chi connectivity index (χ3v) is 6.15. The van der Waals surface area contributed by atoms with Crippen LogP contribution < -0.4 is 4.72 Å². The number of nitrogens with one attached hydrogen (secondary N) is 1. The number of alkyl halides is 3. The van der Waals surface area contributed by atoms with Crippen molar-refractivity contribution in [2.45, 2.75) is 103 Å². The van der Waals surface area contributed by atoms with Crippen LogP contribution >= 0.6 is 0 Å². The van der Waals surface area contributed by atoms with Gasteiger partial charge in [-0.1, -0.05) is 32.1 Å². The van der Waals surface area contributed by atoms with E-state index in [0.717, 1.165) is 32.1 Å². The van der Waals surface area contributed by atoms with Gasteiger partial charge in [0.1, 0.15) is 11.6 Å². The zero-order valence-corrected chi connectivity index (χ0v) is 18.1. The van der Waals surface area contributed by atoms with Crippen LogP contribution in [0.15, 0.2) is 0 Å². The second-order valence-corrected chi connectivity index (χ2v) is 11.4. The van der Waals surface area contributed by atoms with Gasteiger partial charge in [0.2, 0.25) is 0 Å². The highest BCUT2D eigenvalue weighted by molar-refractivity contribution is 7.84. The molecule has 1 rings (SSSR count). The third-order valence-electron chi connectivity index (χ3n) is 4.57. The van der Waals surface area contributed by atoms with Crippen LogP contribution in [0.4, 0.5) is 13.2 Å². The summed E-state index contributed by atoms with van der Waals surface area (Å²) >= 11 is 0. The molecule has 3 atom stereocenters. The van der Waals surface area contributed by atoms with Gasteiger partial charge in [0, 0.05) is 0 Å². The fourth-order valence-corrected chi connectivity index (χ4v) is 4.08. The van der Waals surface area contributed by atoms with E-state index in [2.05, 4.69) is 4.72 Å². The maximum absolute atomic E-state index is 13.9. The Bertz CT molecular complexity index is 518. The Labute approximate surface area is 163 Å². The van der Waals surface area contributed by atoms with Gasteiger partial charge in [-0.25, -0.2) is 8.93 Å². The van der Waals surface area contributed by atoms with Crippen LogP contribution in [0.5, 0.6) is 0 Å². The van der Waals surface area contributed by atoms with Gasteiger partial charge in [0.25, 0.3) is 0 Å². The van der Waals surface area contributed by atoms with Crippen LogP contribution in [0, 0.1) is 11.8 Å². The molecule has 0 radical (unpaired) electrons. The molecule has 0 saturated heterocycles. The average Bonchev–Trinajstić information content (AvgIpc) is 2.47. The molecule has 0 spiro atoms. The first-order valence-corrected chi connectivity index (χ1v) is 10.7. The van der Waals surface area contributed by atoms with Crippen molar-refractivity contribution in [2.75, 3.05) is 0 Å². The van der Waals surface area contributed by atoms with Crippen molar-refractivity contribution in [3.63, 3.8) is 0 Å². The summed E-state index contributed by atoms with van der Waals surface area (Å²) in [6.07, 6.45) is -0.000868. The zero-order chi connectivity index (χ0) is 21.0. The highest BCUT2D eigenvalue weighted by Gasteiger charge is 2.50. The molecule has 0 aromatic carbocycles. The molecule has 0 aromatic rings. The Morgan fingerprint density at radius 1 is 1.07 bits per heavy atom. The van der Waals surface area contributed by atoms with Gasteiger partial charge in [0.05, 0.1) is 21.7 Å². The second kappa shape index (κ2) is 9.25. The number of ether oxygens (including phenoxy) is 1. The predicted molar refractivity (Wildman–Crippen MR) is 101 cm³/mol. The maximum Gasteiger partial charge on any atom is 0.405 e. The molecule has 160 valence electrons. The van der Waals surface area contributed by atoms with E-state index in [1.54, 1.807) is 41.5 Å². The maximum atomic E-state index is 13.9. The summed E-state index contributed by atoms with van der Waals surface area (Å²) in [6, 6.07) is -2.20. The van der Waals surface area contributed by atoms with Crippen LogP contribution in [0.2, 0.25) is 0 Å². The number of rotatable bonds is 6. The summed E-state index contributed by atoms with van der Waals surface area (Å²) in [4.78, 5) is 12.7. The highest BCUT2D eigenvalue weighted by atomic mass is 32.2. The molecule has 0 aromatic heterocycles. The van der Waals surface area contributed by atoms with Crippen molar-refractivity contribution < 1.29 is 26.9 Å². The number of hydrogen-bond donors (Lipinski definition) is 1. The smallest absolute Gasteiger partial charge is 0.405 e. The normalized spacial score (nSPS) is 20.8. The topological polar surface area (TPSA) is 55.4 Å². The average molecular weight is 414 g/mol. The Morgan fingerprint density at radius 3 is 2.00 bits per heavy atom. The molecule has 8 heteroatoms. The van der Waals surface area contributed by atoms with Crippen LogP contribution in [-0.4, -0.2) is 32.7 Å². The van der Waals surface area contributed by atoms with Crippen molar-refractivity contribution in [3.05, 3.63) is 0 Å². The Hall–Kier alpha value is -0.630. The van der Waals surface area contributed by atoms with Gasteiger partial charge < -0.3 is 4.74 Å². The van der Waals surface area contributed by atoms with Gasteiger partial charge in [-0.05, 0) is 53.9 Å². The number of carbonyl (C=O) groups is 1. The number of halogens is 3. The van der Waals surface area contributed by atoms with E-state index in [1.807, 2.05) is 0 Å². The zero-order valence-electron chi connectivity index (χ0n) is 17.2. The molecule has 0 bridgehead atoms. The fraction of sp³-hybridized carbons (Fsp3) is 0.947. The minimum absolute atomic E-state index is 0.0472. The van der Waals surface area contributed by atoms with Crippen molar-refractivity contribution >= 4 is 17.0 Å². The van der Waals surface area contributed by atoms with Crippen molar-refractivity contribution in [1.82, 2.24) is 4.72 Å². The first-order chi connectivity index (χ1) is 12.1. The molecule has 1 saturated carbocycles. The molecular formula is C19H34F3NO3S. The molecule has 1 aliphatic rings. The van der Waals surface area contributed by atoms with Crippen molar-refractivity contribution in [1.29, 1.82) is 0 Å². The van der Waals surface area contributed by atoms with E-state index in [0.29, 0.717) is 0 Å². The third kappa shape index (κ3) is 8.50. The van der Waals surface area contributed by atoms with Gasteiger partial charge in [-0.2, -0.15) is 13.2 Å². The lowest BCUT2D eigenvalue weighted by Gasteiger charge is -2.34. The van der Waals surface area contributed by atoms with E-state index >= 15 is 0 Å². The molecule has 27 heavy (non-hydrogen) atoms. The first kappa shape index (κ1) is 24.4. The Balaban J connectivity index is 3.14. The second-order valence-electron chi connectivity index (χ2n) is 9.40. The molecule has 0 unspecified atom stereocenters. The van der Waals surface area contributed by atoms with E-state index in [1.165, 1.54) is 0 Å². The Kier molecular flexibility index (Phi) is 8.36. The molecule has 1 N–H and O–H groups in total. The lowest BCUT2D eigenvalue weighted by atomic mass is 9.80. The van der Waals surface area contributed by atoms with Gasteiger partial charge >= 0.3 is 12.1 Å². The van der Waals surface area contributed by atoms with E-state index in [4.69, 9.17) is 4.74 Å². The molecule has 1 fully saturated rings. The van der Waals surface area contributed by atoms with E-state index < -0.39 is 45.4 Å². The summed E-state index contributed by atoms with van der Waals surface area (Å²) in [5.41, 5.74) is -0.888. The number of hydrogen-bond acceptors (Lipinski definition) is 3. The largest absolute Gasteiger partial charge is 0.460 e. The molecule has 4 nitrogen and oxygen atoms in total. The standard InChI is InChI=1S/C19H34F3NO3S/c1-17(2,3)26-16(24)14(12-13-10-8-7-9-11-13)15(19(20,21)22)23-27(25)18(4,5)6/h13-15,23H,7-12H2,1-6H3/t14-,15-,27-/m0/s1. The minimum atomic E-state index is -4.71. The highest BCUT2D eigenvalue weighted by Crippen LogP contribution is 2.36. The van der Waals surface area contributed by atoms with Crippen molar-refractivity contribution in [3.8, 4) is 0 Å². The summed E-state index contributed by atoms with van der Waals surface area (Å²) in [5.74, 6) is -2.25. The SMILES string of the molecule is CC(C)(C)OC(=O)[C@@H](CC1CCCCC1)[C@H](N[S@@](=O)C(C)(C)C)C(F)(F)F. The summed E-state index contributed by atoms with van der Waals surface area (Å²) in [7, 11) is -1.96. The Morgan fingerprint density at radius 2 is 1.59 bits per heavy atom. The number of carbonyl (C=O) groups excluding carboxylic acids is 1. The molecule has 0 aliphatic heterocycles. The minimum Gasteiger partial charge on any atom is -0.460 e. The molecule has 0 heterocycles. The monoisotopic (exact) mass is 413 g/mol. The van der Waals surface area contributed by atoms with Gasteiger partial charge in [-0.15, -0.1) is 0 Å². The summed E-state index contributed by atoms with van der Waals surface area (Å²) < 4.78 is 60.6. The van der Waals surface area contributed by atoms with Gasteiger partial charge in [-0.3, -0.25) is 4.79 Å². The van der Waals surface area contributed by atoms with Crippen LogP contribution in [-0.2, 0) is 20.5 Å². The van der Waals surface area contributed by atoms with Crippen molar-refractivity contribution in [2.24, 2.45) is 11.8 Å². The van der Waals surface area contributed by atoms with E-state index in [-0.39, 0.29) is 12.3 Å². The van der Waals surface area contributed by atoms with Crippen LogP contribution in [0.3, 0.4) is 0 Å². The lowest BCUT2D eigenvalue weighted by molar-refractivity contribution is -0.186. The van der Waals surface area contributed by atoms with Crippen LogP contribution in [0.1, 0.15) is 80.1 Å².